The van der Waals surface area contributed by atoms with Gasteiger partial charge < -0.3 is 19.4 Å². The predicted molar refractivity (Wildman–Crippen MR) is 113 cm³/mol. The number of benzene rings is 1. The van der Waals surface area contributed by atoms with Crippen LogP contribution in [0.2, 0.25) is 0 Å². The maximum atomic E-state index is 12.8. The summed E-state index contributed by atoms with van der Waals surface area (Å²) in [5, 5.41) is 0. The second-order valence-corrected chi connectivity index (χ2v) is 8.01. The third kappa shape index (κ3) is 6.34. The van der Waals surface area contributed by atoms with Crippen LogP contribution in [0.1, 0.15) is 44.0 Å². The van der Waals surface area contributed by atoms with E-state index in [4.69, 9.17) is 32.7 Å². The highest BCUT2D eigenvalue weighted by molar-refractivity contribution is 6.46. The Morgan fingerprint density at radius 3 is 2.64 bits per heavy atom. The molecule has 0 fully saturated rings. The van der Waals surface area contributed by atoms with Crippen LogP contribution < -0.4 is 0 Å². The van der Waals surface area contributed by atoms with E-state index in [9.17, 15) is 4.79 Å². The Hall–Kier alpha value is -1.34. The molecular formula is C20H29Cl2N3O3. The van der Waals surface area contributed by atoms with Crippen LogP contribution in [0.15, 0.2) is 18.2 Å². The normalized spacial score (nSPS) is 11.9. The van der Waals surface area contributed by atoms with Gasteiger partial charge in [-0.05, 0) is 25.0 Å². The van der Waals surface area contributed by atoms with Gasteiger partial charge >= 0.3 is 0 Å². The lowest BCUT2D eigenvalue weighted by Gasteiger charge is -2.22. The maximum Gasteiger partial charge on any atom is 0.244 e. The largest absolute Gasteiger partial charge is 0.385 e. The number of nitrogens with zero attached hydrogens (tertiary/aromatic N) is 2. The van der Waals surface area contributed by atoms with Crippen molar-refractivity contribution in [3.05, 3.63) is 29.6 Å². The van der Waals surface area contributed by atoms with Crippen molar-refractivity contribution in [1.82, 2.24) is 14.9 Å². The Labute approximate surface area is 176 Å². The van der Waals surface area contributed by atoms with Crippen LogP contribution in [0.4, 0.5) is 0 Å². The molecule has 156 valence electrons. The fourth-order valence-corrected chi connectivity index (χ4v) is 3.25. The number of imidazole rings is 1. The lowest BCUT2D eigenvalue weighted by molar-refractivity contribution is -0.130. The van der Waals surface area contributed by atoms with E-state index >= 15 is 0 Å². The van der Waals surface area contributed by atoms with Gasteiger partial charge in [0.05, 0.1) is 17.5 Å². The molecule has 1 aromatic carbocycles. The van der Waals surface area contributed by atoms with E-state index < -0.39 is 4.52 Å². The van der Waals surface area contributed by atoms with Gasteiger partial charge in [-0.25, -0.2) is 4.98 Å². The van der Waals surface area contributed by atoms with Crippen LogP contribution in [0, 0.1) is 0 Å². The highest BCUT2D eigenvalue weighted by atomic mass is 35.5. The Balaban J connectivity index is 2.10. The molecular weight excluding hydrogens is 401 g/mol. The topological polar surface area (TPSA) is 67.4 Å². The minimum Gasteiger partial charge on any atom is -0.385 e. The van der Waals surface area contributed by atoms with Crippen LogP contribution in [0.5, 0.6) is 0 Å². The predicted octanol–water partition coefficient (Wildman–Crippen LogP) is 4.40. The molecule has 0 spiro atoms. The average molecular weight is 430 g/mol. The summed E-state index contributed by atoms with van der Waals surface area (Å²) >= 11 is 12.3. The molecule has 1 aromatic heterocycles. The number of halogens is 2. The molecule has 0 bridgehead atoms. The number of fused-ring (bicyclic) bond motifs is 1. The first-order valence-electron chi connectivity index (χ1n) is 9.60. The van der Waals surface area contributed by atoms with E-state index in [1.807, 2.05) is 11.0 Å². The first-order valence-corrected chi connectivity index (χ1v) is 10.4. The average Bonchev–Trinajstić information content (AvgIpc) is 3.08. The SMILES string of the molecule is CCCCCN(CCCOC)C(=O)Cc1nc2ccc(C(Cl)(Cl)OC)cc2[nH]1. The Morgan fingerprint density at radius 2 is 1.96 bits per heavy atom. The van der Waals surface area contributed by atoms with Crippen molar-refractivity contribution < 1.29 is 14.3 Å². The van der Waals surface area contributed by atoms with Crippen LogP contribution >= 0.6 is 23.2 Å². The number of rotatable bonds is 12. The Bertz CT molecular complexity index is 754. The summed E-state index contributed by atoms with van der Waals surface area (Å²) in [7, 11) is 3.11. The fraction of sp³-hybridized carbons (Fsp3) is 0.600. The van der Waals surface area contributed by atoms with Gasteiger partial charge in [0.25, 0.3) is 0 Å². The molecule has 2 aromatic rings. The third-order valence-electron chi connectivity index (χ3n) is 4.60. The van der Waals surface area contributed by atoms with Crippen molar-refractivity contribution in [1.29, 1.82) is 0 Å². The summed E-state index contributed by atoms with van der Waals surface area (Å²) in [5.41, 5.74) is 2.12. The van der Waals surface area contributed by atoms with Crippen LogP contribution in [0.25, 0.3) is 11.0 Å². The van der Waals surface area contributed by atoms with Crippen LogP contribution in [-0.2, 0) is 25.2 Å². The van der Waals surface area contributed by atoms with E-state index in [-0.39, 0.29) is 12.3 Å². The second kappa shape index (κ2) is 11.0. The fourth-order valence-electron chi connectivity index (χ4n) is 3.01. The number of carbonyl (C=O) groups is 1. The second-order valence-electron chi connectivity index (χ2n) is 6.75. The number of carbonyl (C=O) groups excluding carboxylic acids is 1. The molecule has 0 saturated carbocycles. The molecule has 28 heavy (non-hydrogen) atoms. The smallest absolute Gasteiger partial charge is 0.244 e. The zero-order valence-corrected chi connectivity index (χ0v) is 18.3. The first kappa shape index (κ1) is 22.9. The van der Waals surface area contributed by atoms with Gasteiger partial charge in [0.1, 0.15) is 5.82 Å². The van der Waals surface area contributed by atoms with Gasteiger partial charge in [0, 0.05) is 39.5 Å². The number of aromatic nitrogens is 2. The molecule has 0 aliphatic heterocycles. The number of unbranched alkanes of at least 4 members (excludes halogenated alkanes) is 2. The Morgan fingerprint density at radius 1 is 1.21 bits per heavy atom. The standard InChI is InChI=1S/C20H29Cl2N3O3/c1-4-5-6-10-25(11-7-12-27-2)19(26)14-18-23-16-9-8-15(13-17(16)24-18)20(21,22)28-3/h8-9,13H,4-7,10-12,14H2,1-3H3,(H,23,24). The number of H-pyrrole nitrogens is 1. The Kier molecular flexibility index (Phi) is 9.02. The van der Waals surface area contributed by atoms with E-state index in [0.29, 0.717) is 24.5 Å². The summed E-state index contributed by atoms with van der Waals surface area (Å²) in [4.78, 5) is 22.4. The zero-order valence-electron chi connectivity index (χ0n) is 16.8. The minimum absolute atomic E-state index is 0.0624. The first-order chi connectivity index (χ1) is 13.4. The quantitative estimate of drug-likeness (QED) is 0.401. The van der Waals surface area contributed by atoms with Gasteiger partial charge in [-0.15, -0.1) is 0 Å². The molecule has 6 nitrogen and oxygen atoms in total. The van der Waals surface area contributed by atoms with E-state index in [1.165, 1.54) is 7.11 Å². The molecule has 1 heterocycles. The molecule has 0 aliphatic rings. The van der Waals surface area contributed by atoms with E-state index in [1.54, 1.807) is 19.2 Å². The summed E-state index contributed by atoms with van der Waals surface area (Å²) in [5.74, 6) is 0.684. The third-order valence-corrected chi connectivity index (χ3v) is 5.35. The molecule has 0 radical (unpaired) electrons. The summed E-state index contributed by atoms with van der Waals surface area (Å²) in [6.07, 6.45) is 4.28. The molecule has 0 unspecified atom stereocenters. The lowest BCUT2D eigenvalue weighted by Crippen LogP contribution is -2.34. The van der Waals surface area contributed by atoms with Crippen molar-refractivity contribution in [2.75, 3.05) is 33.9 Å². The summed E-state index contributed by atoms with van der Waals surface area (Å²) in [6, 6.07) is 5.36. The number of amides is 1. The highest BCUT2D eigenvalue weighted by Crippen LogP contribution is 2.35. The molecule has 2 rings (SSSR count). The van der Waals surface area contributed by atoms with E-state index in [2.05, 4.69) is 16.9 Å². The lowest BCUT2D eigenvalue weighted by atomic mass is 10.2. The van der Waals surface area contributed by atoms with Crippen molar-refractivity contribution in [2.24, 2.45) is 0 Å². The van der Waals surface area contributed by atoms with Gasteiger partial charge in [-0.2, -0.15) is 0 Å². The van der Waals surface area contributed by atoms with Crippen molar-refractivity contribution in [3.8, 4) is 0 Å². The van der Waals surface area contributed by atoms with E-state index in [0.717, 1.165) is 43.3 Å². The molecule has 0 atom stereocenters. The van der Waals surface area contributed by atoms with Gasteiger partial charge in [0.2, 0.25) is 10.4 Å². The summed E-state index contributed by atoms with van der Waals surface area (Å²) in [6.45, 7) is 4.24. The molecule has 8 heteroatoms. The monoisotopic (exact) mass is 429 g/mol. The highest BCUT2D eigenvalue weighted by Gasteiger charge is 2.26. The maximum absolute atomic E-state index is 12.8. The number of ether oxygens (including phenoxy) is 2. The van der Waals surface area contributed by atoms with Crippen molar-refractivity contribution >= 4 is 40.1 Å². The number of nitrogens with one attached hydrogen (secondary N) is 1. The number of methoxy groups -OCH3 is 2. The number of hydrogen-bond donors (Lipinski definition) is 1. The minimum atomic E-state index is -1.42. The van der Waals surface area contributed by atoms with Gasteiger partial charge in [-0.1, -0.05) is 49.0 Å². The van der Waals surface area contributed by atoms with Crippen molar-refractivity contribution in [3.63, 3.8) is 0 Å². The number of aromatic amines is 1. The van der Waals surface area contributed by atoms with Crippen LogP contribution in [-0.4, -0.2) is 54.7 Å². The van der Waals surface area contributed by atoms with Gasteiger partial charge in [0.15, 0.2) is 0 Å². The number of alkyl halides is 2. The van der Waals surface area contributed by atoms with Gasteiger partial charge in [-0.3, -0.25) is 4.79 Å². The number of hydrogen-bond acceptors (Lipinski definition) is 4. The van der Waals surface area contributed by atoms with Crippen molar-refractivity contribution in [2.45, 2.75) is 43.5 Å². The molecule has 1 amide bonds. The summed E-state index contributed by atoms with van der Waals surface area (Å²) < 4.78 is 8.79. The van der Waals surface area contributed by atoms with Crippen LogP contribution in [0.3, 0.4) is 0 Å². The molecule has 0 saturated heterocycles. The zero-order chi connectivity index (χ0) is 20.6. The molecule has 0 aliphatic carbocycles. The molecule has 1 N–H and O–H groups in total.